The molecule has 0 aliphatic carbocycles. The van der Waals surface area contributed by atoms with Gasteiger partial charge in [0.2, 0.25) is 15.9 Å². The number of unbranched alkanes of at least 4 members (excludes halogenated alkanes) is 4. The summed E-state index contributed by atoms with van der Waals surface area (Å²) in [6, 6.07) is 6.34. The second-order valence-corrected chi connectivity index (χ2v) is 9.05. The molecule has 1 heterocycles. The summed E-state index contributed by atoms with van der Waals surface area (Å²) in [5, 5.41) is 5.78. The van der Waals surface area contributed by atoms with Gasteiger partial charge in [0.05, 0.1) is 18.1 Å². The van der Waals surface area contributed by atoms with Crippen molar-refractivity contribution in [1.29, 1.82) is 0 Å². The molecule has 1 fully saturated rings. The number of rotatable bonds is 9. The first kappa shape index (κ1) is 22.7. The molecule has 1 amide bonds. The first-order chi connectivity index (χ1) is 13.4. The van der Waals surface area contributed by atoms with Gasteiger partial charge in [-0.25, -0.2) is 8.42 Å². The maximum Gasteiger partial charge on any atom is 0.243 e. The van der Waals surface area contributed by atoms with Crippen LogP contribution in [-0.4, -0.2) is 50.0 Å². The minimum absolute atomic E-state index is 0.111. The predicted octanol–water partition coefficient (Wildman–Crippen LogP) is 2.88. The normalized spacial score (nSPS) is 15.2. The number of nitrogens with zero attached hydrogens (tertiary/aromatic N) is 1. The molecule has 2 N–H and O–H groups in total. The number of nitrogens with one attached hydrogen (secondary N) is 2. The van der Waals surface area contributed by atoms with Gasteiger partial charge in [0, 0.05) is 25.2 Å². The van der Waals surface area contributed by atoms with Crippen LogP contribution in [0.1, 0.15) is 45.4 Å². The van der Waals surface area contributed by atoms with E-state index in [9.17, 15) is 13.2 Å². The van der Waals surface area contributed by atoms with E-state index in [0.717, 1.165) is 19.3 Å². The number of hydrogen-bond donors (Lipinski definition) is 2. The maximum atomic E-state index is 12.6. The molecule has 9 heteroatoms. The summed E-state index contributed by atoms with van der Waals surface area (Å²) in [4.78, 5) is 12.1. The van der Waals surface area contributed by atoms with Crippen LogP contribution >= 0.6 is 12.2 Å². The van der Waals surface area contributed by atoms with E-state index in [1.165, 1.54) is 29.3 Å². The van der Waals surface area contributed by atoms with Crippen LogP contribution in [-0.2, 0) is 19.6 Å². The van der Waals surface area contributed by atoms with Crippen LogP contribution in [0.3, 0.4) is 0 Å². The van der Waals surface area contributed by atoms with Gasteiger partial charge in [-0.05, 0) is 42.9 Å². The molecule has 0 aromatic heterocycles. The van der Waals surface area contributed by atoms with Crippen LogP contribution < -0.4 is 10.6 Å². The van der Waals surface area contributed by atoms with Crippen LogP contribution in [0.5, 0.6) is 0 Å². The number of carbonyl (C=O) groups excluding carboxylic acids is 1. The summed E-state index contributed by atoms with van der Waals surface area (Å²) < 4.78 is 31.8. The fraction of sp³-hybridized carbons (Fsp3) is 0.579. The van der Waals surface area contributed by atoms with Crippen LogP contribution in [0.2, 0.25) is 0 Å². The zero-order valence-electron chi connectivity index (χ0n) is 16.3. The van der Waals surface area contributed by atoms with E-state index < -0.39 is 10.0 Å². The molecule has 7 nitrogen and oxygen atoms in total. The average molecular weight is 428 g/mol. The largest absolute Gasteiger partial charge is 0.379 e. The Kier molecular flexibility index (Phi) is 9.30. The fourth-order valence-electron chi connectivity index (χ4n) is 2.89. The quantitative estimate of drug-likeness (QED) is 0.465. The molecule has 1 saturated heterocycles. The summed E-state index contributed by atoms with van der Waals surface area (Å²) in [5.41, 5.74) is 0.620. The molecule has 1 aliphatic heterocycles. The van der Waals surface area contributed by atoms with E-state index in [4.69, 9.17) is 17.0 Å². The van der Waals surface area contributed by atoms with Gasteiger partial charge in [0.25, 0.3) is 0 Å². The van der Waals surface area contributed by atoms with Gasteiger partial charge in [-0.2, -0.15) is 4.31 Å². The van der Waals surface area contributed by atoms with Crippen molar-refractivity contribution in [1.82, 2.24) is 9.62 Å². The second kappa shape index (κ2) is 11.5. The number of morpholine rings is 1. The number of thiocarbonyl (C=S) groups is 1. The number of anilines is 1. The monoisotopic (exact) mass is 427 g/mol. The number of hydrogen-bond acceptors (Lipinski definition) is 5. The Labute approximate surface area is 172 Å². The second-order valence-electron chi connectivity index (χ2n) is 6.71. The summed E-state index contributed by atoms with van der Waals surface area (Å²) in [7, 11) is -3.52. The Balaban J connectivity index is 1.81. The highest BCUT2D eigenvalue weighted by atomic mass is 32.2. The molecule has 1 aliphatic rings. The molecule has 156 valence electrons. The lowest BCUT2D eigenvalue weighted by Gasteiger charge is -2.26. The van der Waals surface area contributed by atoms with Crippen molar-refractivity contribution in [2.75, 3.05) is 31.6 Å². The molecular formula is C19H29N3O4S2. The SMILES string of the molecule is CCCCCCCC(=O)NC(=S)Nc1ccc(S(=O)(=O)N2CCOCC2)cc1. The molecule has 1 aromatic rings. The van der Waals surface area contributed by atoms with Crippen LogP contribution in [0, 0.1) is 0 Å². The lowest BCUT2D eigenvalue weighted by molar-refractivity contribution is -0.119. The average Bonchev–Trinajstić information content (AvgIpc) is 2.69. The number of sulfonamides is 1. The van der Waals surface area contributed by atoms with E-state index in [-0.39, 0.29) is 15.9 Å². The van der Waals surface area contributed by atoms with E-state index in [1.807, 2.05) is 0 Å². The third-order valence-electron chi connectivity index (χ3n) is 4.48. The molecule has 2 rings (SSSR count). The van der Waals surface area contributed by atoms with Crippen LogP contribution in [0.4, 0.5) is 5.69 Å². The molecule has 1 aromatic carbocycles. The van der Waals surface area contributed by atoms with E-state index in [0.29, 0.717) is 38.4 Å². The Morgan fingerprint density at radius 1 is 1.11 bits per heavy atom. The Bertz CT molecular complexity index is 745. The number of benzene rings is 1. The third-order valence-corrected chi connectivity index (χ3v) is 6.60. The van der Waals surface area contributed by atoms with Gasteiger partial charge >= 0.3 is 0 Å². The van der Waals surface area contributed by atoms with Crippen molar-refractivity contribution in [3.8, 4) is 0 Å². The molecule has 0 bridgehead atoms. The molecular weight excluding hydrogens is 398 g/mol. The van der Waals surface area contributed by atoms with Crippen LogP contribution in [0.25, 0.3) is 0 Å². The van der Waals surface area contributed by atoms with Gasteiger partial charge < -0.3 is 15.4 Å². The third kappa shape index (κ3) is 7.12. The minimum atomic E-state index is -3.52. The summed E-state index contributed by atoms with van der Waals surface area (Å²) in [5.74, 6) is -0.111. The minimum Gasteiger partial charge on any atom is -0.379 e. The van der Waals surface area contributed by atoms with Gasteiger partial charge in [0.1, 0.15) is 0 Å². The first-order valence-electron chi connectivity index (χ1n) is 9.72. The Morgan fingerprint density at radius 2 is 1.75 bits per heavy atom. The van der Waals surface area contributed by atoms with Crippen molar-refractivity contribution in [2.24, 2.45) is 0 Å². The highest BCUT2D eigenvalue weighted by molar-refractivity contribution is 7.89. The van der Waals surface area contributed by atoms with Crippen LogP contribution in [0.15, 0.2) is 29.2 Å². The molecule has 28 heavy (non-hydrogen) atoms. The molecule has 0 saturated carbocycles. The van der Waals surface area contributed by atoms with E-state index in [2.05, 4.69) is 17.6 Å². The maximum absolute atomic E-state index is 12.6. The molecule has 0 atom stereocenters. The van der Waals surface area contributed by atoms with Crippen molar-refractivity contribution < 1.29 is 17.9 Å². The topological polar surface area (TPSA) is 87.7 Å². The lowest BCUT2D eigenvalue weighted by Crippen LogP contribution is -2.40. The lowest BCUT2D eigenvalue weighted by atomic mass is 10.1. The highest BCUT2D eigenvalue weighted by Gasteiger charge is 2.26. The van der Waals surface area contributed by atoms with E-state index >= 15 is 0 Å². The van der Waals surface area contributed by atoms with Crippen molar-refractivity contribution in [3.05, 3.63) is 24.3 Å². The molecule has 0 spiro atoms. The van der Waals surface area contributed by atoms with Gasteiger partial charge in [0.15, 0.2) is 5.11 Å². The zero-order chi connectivity index (χ0) is 20.4. The summed E-state index contributed by atoms with van der Waals surface area (Å²) in [6.45, 7) is 3.69. The highest BCUT2D eigenvalue weighted by Crippen LogP contribution is 2.19. The van der Waals surface area contributed by atoms with Gasteiger partial charge in [-0.15, -0.1) is 0 Å². The fourth-order valence-corrected chi connectivity index (χ4v) is 4.53. The Morgan fingerprint density at radius 3 is 2.39 bits per heavy atom. The molecule has 0 radical (unpaired) electrons. The number of amides is 1. The molecule has 0 unspecified atom stereocenters. The van der Waals surface area contributed by atoms with Crippen molar-refractivity contribution >= 4 is 38.9 Å². The number of carbonyl (C=O) groups is 1. The summed E-state index contributed by atoms with van der Waals surface area (Å²) >= 11 is 5.16. The van der Waals surface area contributed by atoms with Gasteiger partial charge in [-0.1, -0.05) is 32.6 Å². The Hall–Kier alpha value is -1.55. The van der Waals surface area contributed by atoms with Gasteiger partial charge in [-0.3, -0.25) is 4.79 Å². The summed E-state index contributed by atoms with van der Waals surface area (Å²) in [6.07, 6.45) is 5.85. The zero-order valence-corrected chi connectivity index (χ0v) is 17.9. The number of ether oxygens (including phenoxy) is 1. The standard InChI is InChI=1S/C19H29N3O4S2/c1-2-3-4-5-6-7-18(23)21-19(27)20-16-8-10-17(11-9-16)28(24,25)22-12-14-26-15-13-22/h8-11H,2-7,12-15H2,1H3,(H2,20,21,23,27). The van der Waals surface area contributed by atoms with Crippen molar-refractivity contribution in [3.63, 3.8) is 0 Å². The van der Waals surface area contributed by atoms with Crippen molar-refractivity contribution in [2.45, 2.75) is 50.3 Å². The van der Waals surface area contributed by atoms with E-state index in [1.54, 1.807) is 12.1 Å². The first-order valence-corrected chi connectivity index (χ1v) is 11.6. The smallest absolute Gasteiger partial charge is 0.243 e. The predicted molar refractivity (Wildman–Crippen MR) is 114 cm³/mol.